The molecular formula is C18H14FN5. The monoisotopic (exact) mass is 319 g/mol. The molecule has 24 heavy (non-hydrogen) atoms. The maximum Gasteiger partial charge on any atom is 0.147 e. The quantitative estimate of drug-likeness (QED) is 0.625. The third-order valence-electron chi connectivity index (χ3n) is 3.80. The van der Waals surface area contributed by atoms with E-state index in [-0.39, 0.29) is 5.82 Å². The summed E-state index contributed by atoms with van der Waals surface area (Å²) < 4.78 is 15.9. The number of halogens is 1. The third kappa shape index (κ3) is 2.69. The highest BCUT2D eigenvalue weighted by molar-refractivity contribution is 5.88. The molecule has 6 heteroatoms. The summed E-state index contributed by atoms with van der Waals surface area (Å²) in [6.07, 6.45) is 6.43. The molecule has 2 aromatic heterocycles. The molecule has 0 saturated heterocycles. The molecule has 2 aromatic carbocycles. The second-order valence-electron chi connectivity index (χ2n) is 5.35. The van der Waals surface area contributed by atoms with Crippen molar-refractivity contribution >= 4 is 16.7 Å². The van der Waals surface area contributed by atoms with Crippen LogP contribution in [-0.4, -0.2) is 19.5 Å². The van der Waals surface area contributed by atoms with Crippen molar-refractivity contribution < 1.29 is 4.39 Å². The average Bonchev–Trinajstić information content (AvgIpc) is 3.14. The molecule has 0 fully saturated rings. The van der Waals surface area contributed by atoms with Crippen molar-refractivity contribution in [2.45, 2.75) is 6.54 Å². The summed E-state index contributed by atoms with van der Waals surface area (Å²) in [7, 11) is 0. The van der Waals surface area contributed by atoms with Crippen LogP contribution in [0.1, 0.15) is 5.56 Å². The van der Waals surface area contributed by atoms with E-state index in [2.05, 4.69) is 20.3 Å². The molecule has 118 valence electrons. The highest BCUT2D eigenvalue weighted by atomic mass is 19.1. The van der Waals surface area contributed by atoms with Crippen molar-refractivity contribution in [3.8, 4) is 5.69 Å². The number of aromatic nitrogens is 4. The van der Waals surface area contributed by atoms with E-state index in [0.717, 1.165) is 22.3 Å². The maximum atomic E-state index is 14.3. The first-order chi connectivity index (χ1) is 11.8. The zero-order chi connectivity index (χ0) is 16.4. The molecule has 0 radical (unpaired) electrons. The molecule has 0 bridgehead atoms. The first-order valence-corrected chi connectivity index (χ1v) is 7.51. The van der Waals surface area contributed by atoms with Gasteiger partial charge < -0.3 is 9.88 Å². The smallest absolute Gasteiger partial charge is 0.147 e. The van der Waals surface area contributed by atoms with Crippen LogP contribution in [0.25, 0.3) is 16.6 Å². The predicted octanol–water partition coefficient (Wildman–Crippen LogP) is 3.57. The number of rotatable bonds is 4. The van der Waals surface area contributed by atoms with Gasteiger partial charge in [-0.3, -0.25) is 0 Å². The number of nitrogens with zero attached hydrogens (tertiary/aromatic N) is 4. The Kier molecular flexibility index (Phi) is 3.63. The lowest BCUT2D eigenvalue weighted by Crippen LogP contribution is -2.04. The van der Waals surface area contributed by atoms with Gasteiger partial charge in [-0.05, 0) is 29.8 Å². The topological polar surface area (TPSA) is 55.6 Å². The Balaban J connectivity index is 1.56. The minimum Gasteiger partial charge on any atom is -0.365 e. The third-order valence-corrected chi connectivity index (χ3v) is 3.80. The van der Waals surface area contributed by atoms with Crippen LogP contribution in [0.15, 0.2) is 67.5 Å². The van der Waals surface area contributed by atoms with E-state index in [4.69, 9.17) is 0 Å². The van der Waals surface area contributed by atoms with Crippen molar-refractivity contribution in [1.82, 2.24) is 19.5 Å². The zero-order valence-corrected chi connectivity index (χ0v) is 12.7. The summed E-state index contributed by atoms with van der Waals surface area (Å²) in [5.41, 5.74) is 2.18. The summed E-state index contributed by atoms with van der Waals surface area (Å²) in [5, 5.41) is 4.19. The summed E-state index contributed by atoms with van der Waals surface area (Å²) in [6, 6.07) is 12.9. The van der Waals surface area contributed by atoms with E-state index >= 15 is 0 Å². The van der Waals surface area contributed by atoms with Gasteiger partial charge in [-0.2, -0.15) is 0 Å². The van der Waals surface area contributed by atoms with Gasteiger partial charge in [0, 0.05) is 24.3 Å². The number of fused-ring (bicyclic) bond motifs is 1. The van der Waals surface area contributed by atoms with Gasteiger partial charge in [0.2, 0.25) is 0 Å². The van der Waals surface area contributed by atoms with E-state index < -0.39 is 0 Å². The molecule has 1 N–H and O–H groups in total. The molecule has 4 aromatic rings. The fraction of sp³-hybridized carbons (Fsp3) is 0.0556. The minimum atomic E-state index is -0.292. The van der Waals surface area contributed by atoms with Gasteiger partial charge in [0.25, 0.3) is 0 Å². The number of benzene rings is 2. The van der Waals surface area contributed by atoms with Crippen molar-refractivity contribution in [3.63, 3.8) is 0 Å². The Morgan fingerprint density at radius 1 is 1.08 bits per heavy atom. The van der Waals surface area contributed by atoms with Crippen LogP contribution >= 0.6 is 0 Å². The molecule has 0 aliphatic heterocycles. The second-order valence-corrected chi connectivity index (χ2v) is 5.35. The first-order valence-electron chi connectivity index (χ1n) is 7.51. The lowest BCUT2D eigenvalue weighted by Gasteiger charge is -2.10. The van der Waals surface area contributed by atoms with E-state index in [1.165, 1.54) is 12.4 Å². The van der Waals surface area contributed by atoms with E-state index in [0.29, 0.717) is 12.2 Å². The van der Waals surface area contributed by atoms with Crippen LogP contribution in [0.5, 0.6) is 0 Å². The van der Waals surface area contributed by atoms with Crippen LogP contribution in [0.2, 0.25) is 0 Å². The molecule has 0 aliphatic carbocycles. The fourth-order valence-electron chi connectivity index (χ4n) is 2.60. The van der Waals surface area contributed by atoms with E-state index in [1.54, 1.807) is 29.4 Å². The summed E-state index contributed by atoms with van der Waals surface area (Å²) in [5.74, 6) is 0.444. The molecule has 0 aliphatic rings. The highest BCUT2D eigenvalue weighted by Crippen LogP contribution is 2.20. The van der Waals surface area contributed by atoms with Crippen LogP contribution in [-0.2, 0) is 6.54 Å². The predicted molar refractivity (Wildman–Crippen MR) is 90.4 cm³/mol. The zero-order valence-electron chi connectivity index (χ0n) is 12.7. The molecule has 2 heterocycles. The Labute approximate surface area is 137 Å². The van der Waals surface area contributed by atoms with Crippen molar-refractivity contribution in [1.29, 1.82) is 0 Å². The van der Waals surface area contributed by atoms with Crippen molar-refractivity contribution in [2.75, 3.05) is 5.32 Å². The van der Waals surface area contributed by atoms with Crippen molar-refractivity contribution in [3.05, 3.63) is 78.9 Å². The number of anilines is 1. The molecule has 5 nitrogen and oxygen atoms in total. The minimum absolute atomic E-state index is 0.292. The standard InChI is InChI=1S/C18H14FN5/c19-15-9-13(5-6-17(15)24-8-7-20-12-24)10-21-18-14-3-1-2-4-16(14)22-11-23-18/h1-9,11-12H,10H2,(H,21,22,23). The largest absolute Gasteiger partial charge is 0.365 e. The Morgan fingerprint density at radius 3 is 2.83 bits per heavy atom. The fourth-order valence-corrected chi connectivity index (χ4v) is 2.60. The van der Waals surface area contributed by atoms with E-state index in [9.17, 15) is 4.39 Å². The number of hydrogen-bond acceptors (Lipinski definition) is 4. The number of para-hydroxylation sites is 1. The molecule has 0 spiro atoms. The van der Waals surface area contributed by atoms with Gasteiger partial charge in [0.05, 0.1) is 17.5 Å². The number of nitrogens with one attached hydrogen (secondary N) is 1. The van der Waals surface area contributed by atoms with Crippen LogP contribution in [0.3, 0.4) is 0 Å². The molecule has 0 atom stereocenters. The summed E-state index contributed by atoms with van der Waals surface area (Å²) >= 11 is 0. The van der Waals surface area contributed by atoms with Crippen molar-refractivity contribution in [2.24, 2.45) is 0 Å². The maximum absolute atomic E-state index is 14.3. The Hall–Kier alpha value is -3.28. The van der Waals surface area contributed by atoms with Crippen LogP contribution in [0.4, 0.5) is 10.2 Å². The molecular weight excluding hydrogens is 305 g/mol. The van der Waals surface area contributed by atoms with Gasteiger partial charge in [-0.25, -0.2) is 19.3 Å². The molecule has 4 rings (SSSR count). The Bertz CT molecular complexity index is 977. The van der Waals surface area contributed by atoms with Gasteiger partial charge >= 0.3 is 0 Å². The first kappa shape index (κ1) is 14.3. The Morgan fingerprint density at radius 2 is 2.00 bits per heavy atom. The SMILES string of the molecule is Fc1cc(CNc2ncnc3ccccc23)ccc1-n1ccnc1. The van der Waals surface area contributed by atoms with E-state index in [1.807, 2.05) is 30.3 Å². The average molecular weight is 319 g/mol. The lowest BCUT2D eigenvalue weighted by atomic mass is 10.2. The van der Waals surface area contributed by atoms with Gasteiger partial charge in [0.1, 0.15) is 18.0 Å². The normalized spacial score (nSPS) is 10.9. The number of hydrogen-bond donors (Lipinski definition) is 1. The van der Waals surface area contributed by atoms with Gasteiger partial charge in [-0.1, -0.05) is 18.2 Å². The van der Waals surface area contributed by atoms with Crippen LogP contribution < -0.4 is 5.32 Å². The lowest BCUT2D eigenvalue weighted by molar-refractivity contribution is 0.616. The summed E-state index contributed by atoms with van der Waals surface area (Å²) in [6.45, 7) is 0.474. The molecule has 0 unspecified atom stereocenters. The van der Waals surface area contributed by atoms with Crippen LogP contribution in [0, 0.1) is 5.82 Å². The molecule has 0 saturated carbocycles. The second kappa shape index (κ2) is 6.08. The van der Waals surface area contributed by atoms with Gasteiger partial charge in [-0.15, -0.1) is 0 Å². The number of imidazole rings is 1. The van der Waals surface area contributed by atoms with Gasteiger partial charge in [0.15, 0.2) is 0 Å². The molecule has 0 amide bonds. The highest BCUT2D eigenvalue weighted by Gasteiger charge is 2.07. The summed E-state index contributed by atoms with van der Waals surface area (Å²) in [4.78, 5) is 12.4.